The summed E-state index contributed by atoms with van der Waals surface area (Å²) in [6.45, 7) is 0. The maximum absolute atomic E-state index is 11.2. The average Bonchev–Trinajstić information content (AvgIpc) is 2.34. The fourth-order valence-corrected chi connectivity index (χ4v) is 1.10. The van der Waals surface area contributed by atoms with Crippen LogP contribution in [0.5, 0.6) is 0 Å². The van der Waals surface area contributed by atoms with Gasteiger partial charge in [0.1, 0.15) is 11.5 Å². The fraction of sp³-hybridized carbons (Fsp3) is 0.167. The number of H-pyrrole nitrogens is 1. The third-order valence-corrected chi connectivity index (χ3v) is 1.62. The lowest BCUT2D eigenvalue weighted by Gasteiger charge is -2.07. The van der Waals surface area contributed by atoms with Crippen LogP contribution in [0.4, 0.5) is 11.5 Å². The normalized spacial score (nSPS) is 14.5. The molecule has 1 aromatic rings. The Hall–Kier alpha value is -1.49. The highest BCUT2D eigenvalue weighted by Crippen LogP contribution is 2.18. The van der Waals surface area contributed by atoms with Gasteiger partial charge in [0.2, 0.25) is 5.43 Å². The zero-order chi connectivity index (χ0) is 7.84. The van der Waals surface area contributed by atoms with Gasteiger partial charge in [0, 0.05) is 19.3 Å². The number of fused-ring (bicyclic) bond motifs is 1. The second-order valence-corrected chi connectivity index (χ2v) is 2.36. The highest BCUT2D eigenvalue weighted by atomic mass is 16.1. The van der Waals surface area contributed by atoms with Gasteiger partial charge in [0.05, 0.1) is 0 Å². The summed E-state index contributed by atoms with van der Waals surface area (Å²) >= 11 is 0. The quantitative estimate of drug-likeness (QED) is 0.476. The van der Waals surface area contributed by atoms with Gasteiger partial charge in [0.25, 0.3) is 0 Å². The molecule has 1 aromatic heterocycles. The molecule has 2 heterocycles. The van der Waals surface area contributed by atoms with Crippen LogP contribution in [0.25, 0.3) is 0 Å². The molecule has 0 radical (unpaired) electrons. The van der Waals surface area contributed by atoms with E-state index in [0.717, 1.165) is 0 Å². The van der Waals surface area contributed by atoms with Crippen molar-refractivity contribution in [3.8, 4) is 0 Å². The smallest absolute Gasteiger partial charge is 0.208 e. The number of hydrazine groups is 2. The van der Waals surface area contributed by atoms with Gasteiger partial charge in [-0.1, -0.05) is 0 Å². The Labute approximate surface area is 63.0 Å². The Balaban J connectivity index is 2.68. The van der Waals surface area contributed by atoms with Gasteiger partial charge in [-0.25, -0.2) is 0 Å². The highest BCUT2D eigenvalue weighted by molar-refractivity contribution is 5.67. The van der Waals surface area contributed by atoms with Gasteiger partial charge in [-0.2, -0.15) is 0 Å². The molecule has 0 aromatic carbocycles. The minimum atomic E-state index is -0.00116. The molecule has 3 N–H and O–H groups in total. The molecule has 2 rings (SSSR count). The first-order chi connectivity index (χ1) is 5.29. The summed E-state index contributed by atoms with van der Waals surface area (Å²) in [4.78, 5) is 14.1. The maximum atomic E-state index is 11.2. The van der Waals surface area contributed by atoms with Gasteiger partial charge in [0.15, 0.2) is 0 Å². The molecule has 0 aliphatic carbocycles. The Kier molecular flexibility index (Phi) is 1.13. The SMILES string of the molecule is CN1NNc2[nH]ccc(=O)c21. The van der Waals surface area contributed by atoms with Crippen LogP contribution in [0.2, 0.25) is 0 Å². The minimum absolute atomic E-state index is 0.00116. The van der Waals surface area contributed by atoms with Crippen LogP contribution in [0.1, 0.15) is 0 Å². The molecule has 58 valence electrons. The van der Waals surface area contributed by atoms with E-state index in [0.29, 0.717) is 11.5 Å². The van der Waals surface area contributed by atoms with Gasteiger partial charge < -0.3 is 4.98 Å². The number of hydrogen-bond acceptors (Lipinski definition) is 4. The molecule has 0 unspecified atom stereocenters. The monoisotopic (exact) mass is 152 g/mol. The summed E-state index contributed by atoms with van der Waals surface area (Å²) in [5, 5.41) is 1.63. The molecule has 0 atom stereocenters. The second kappa shape index (κ2) is 2.00. The van der Waals surface area contributed by atoms with Crippen molar-refractivity contribution in [2.24, 2.45) is 0 Å². The lowest BCUT2D eigenvalue weighted by atomic mass is 10.4. The molecule has 0 spiro atoms. The summed E-state index contributed by atoms with van der Waals surface area (Å²) in [6.07, 6.45) is 1.61. The van der Waals surface area contributed by atoms with Gasteiger partial charge in [-0.05, 0) is 0 Å². The number of aromatic amines is 1. The first kappa shape index (κ1) is 6.23. The van der Waals surface area contributed by atoms with Crippen LogP contribution in [-0.2, 0) is 0 Å². The van der Waals surface area contributed by atoms with Crippen LogP contribution in [0, 0.1) is 0 Å². The molecule has 5 heteroatoms. The molecule has 1 aliphatic heterocycles. The fourth-order valence-electron chi connectivity index (χ4n) is 1.10. The van der Waals surface area contributed by atoms with E-state index in [1.807, 2.05) is 0 Å². The standard InChI is InChI=1S/C6H8N4O/c1-10-5-4(11)2-3-7-6(5)8-9-10/h2-3,9H,1H3,(H2,7,8,11). The van der Waals surface area contributed by atoms with E-state index >= 15 is 0 Å². The Morgan fingerprint density at radius 2 is 2.36 bits per heavy atom. The Morgan fingerprint density at radius 3 is 3.09 bits per heavy atom. The molecule has 11 heavy (non-hydrogen) atoms. The molecule has 5 nitrogen and oxygen atoms in total. The van der Waals surface area contributed by atoms with Crippen LogP contribution < -0.4 is 21.4 Å². The number of nitrogens with zero attached hydrogens (tertiary/aromatic N) is 1. The average molecular weight is 152 g/mol. The van der Waals surface area contributed by atoms with E-state index in [4.69, 9.17) is 0 Å². The number of anilines is 2. The first-order valence-electron chi connectivity index (χ1n) is 3.26. The number of hydrogen-bond donors (Lipinski definition) is 3. The number of rotatable bonds is 0. The van der Waals surface area contributed by atoms with Crippen molar-refractivity contribution in [1.82, 2.24) is 10.5 Å². The van der Waals surface area contributed by atoms with Gasteiger partial charge >= 0.3 is 0 Å². The lowest BCUT2D eigenvalue weighted by molar-refractivity contribution is 0.817. The number of nitrogens with one attached hydrogen (secondary N) is 3. The summed E-state index contributed by atoms with van der Waals surface area (Å²) in [7, 11) is 1.77. The van der Waals surface area contributed by atoms with Crippen molar-refractivity contribution in [3.63, 3.8) is 0 Å². The molecule has 1 aliphatic rings. The summed E-state index contributed by atoms with van der Waals surface area (Å²) in [5.74, 6) is 0.708. The van der Waals surface area contributed by atoms with Crippen molar-refractivity contribution in [2.45, 2.75) is 0 Å². The minimum Gasteiger partial charge on any atom is -0.345 e. The second-order valence-electron chi connectivity index (χ2n) is 2.36. The highest BCUT2D eigenvalue weighted by Gasteiger charge is 2.17. The number of aromatic nitrogens is 1. The molecular weight excluding hydrogens is 144 g/mol. The largest absolute Gasteiger partial charge is 0.345 e. The molecule has 0 amide bonds. The van der Waals surface area contributed by atoms with Crippen LogP contribution >= 0.6 is 0 Å². The van der Waals surface area contributed by atoms with Crippen molar-refractivity contribution >= 4 is 11.5 Å². The molecule has 0 fully saturated rings. The van der Waals surface area contributed by atoms with Crippen LogP contribution in [-0.4, -0.2) is 12.0 Å². The van der Waals surface area contributed by atoms with Crippen molar-refractivity contribution in [1.29, 1.82) is 0 Å². The third kappa shape index (κ3) is 0.779. The third-order valence-electron chi connectivity index (χ3n) is 1.62. The predicted octanol–water partition coefficient (Wildman–Crippen LogP) is -0.344. The van der Waals surface area contributed by atoms with E-state index in [2.05, 4.69) is 15.9 Å². The van der Waals surface area contributed by atoms with E-state index in [-0.39, 0.29) is 5.43 Å². The lowest BCUT2D eigenvalue weighted by Crippen LogP contribution is -2.33. The first-order valence-corrected chi connectivity index (χ1v) is 3.26. The van der Waals surface area contributed by atoms with E-state index in [1.165, 1.54) is 6.07 Å². The molecule has 0 saturated carbocycles. The number of pyridine rings is 1. The van der Waals surface area contributed by atoms with Crippen molar-refractivity contribution < 1.29 is 0 Å². The molecule has 0 bridgehead atoms. The van der Waals surface area contributed by atoms with Crippen molar-refractivity contribution in [2.75, 3.05) is 17.5 Å². The van der Waals surface area contributed by atoms with E-state index < -0.39 is 0 Å². The van der Waals surface area contributed by atoms with Crippen LogP contribution in [0.3, 0.4) is 0 Å². The zero-order valence-corrected chi connectivity index (χ0v) is 6.01. The molecule has 0 saturated heterocycles. The summed E-state index contributed by atoms with van der Waals surface area (Å²) in [6, 6.07) is 1.49. The maximum Gasteiger partial charge on any atom is 0.208 e. The Morgan fingerprint density at radius 1 is 1.55 bits per heavy atom. The van der Waals surface area contributed by atoms with E-state index in [1.54, 1.807) is 18.3 Å². The topological polar surface area (TPSA) is 60.2 Å². The zero-order valence-electron chi connectivity index (χ0n) is 6.01. The summed E-state index contributed by atoms with van der Waals surface area (Å²) in [5.41, 5.74) is 6.21. The Bertz CT molecular complexity index is 332. The predicted molar refractivity (Wildman–Crippen MR) is 42.2 cm³/mol. The van der Waals surface area contributed by atoms with Crippen molar-refractivity contribution in [3.05, 3.63) is 22.5 Å². The van der Waals surface area contributed by atoms with Gasteiger partial charge in [-0.3, -0.25) is 15.2 Å². The van der Waals surface area contributed by atoms with E-state index in [9.17, 15) is 4.79 Å². The van der Waals surface area contributed by atoms with Crippen LogP contribution in [0.15, 0.2) is 17.1 Å². The summed E-state index contributed by atoms with van der Waals surface area (Å²) < 4.78 is 0. The molecular formula is C6H8N4O. The van der Waals surface area contributed by atoms with Gasteiger partial charge in [-0.15, -0.1) is 5.53 Å².